The molecule has 10 heteroatoms. The molecule has 0 spiro atoms. The van der Waals surface area contributed by atoms with Gasteiger partial charge in [0.2, 0.25) is 0 Å². The average molecular weight is 506 g/mol. The first kappa shape index (κ1) is 26.3. The minimum Gasteiger partial charge on any atom is -0.369 e. The average Bonchev–Trinajstić information content (AvgIpc) is 2.95. The summed E-state index contributed by atoms with van der Waals surface area (Å²) in [7, 11) is 0. The lowest BCUT2D eigenvalue weighted by molar-refractivity contribution is -0.131. The fourth-order valence-electron chi connectivity index (χ4n) is 4.48. The van der Waals surface area contributed by atoms with Gasteiger partial charge in [0.25, 0.3) is 5.91 Å². The molecule has 4 rings (SSSR count). The summed E-state index contributed by atoms with van der Waals surface area (Å²) in [5, 5.41) is 14.8. The number of rotatable bonds is 5. The molecule has 0 aromatic heterocycles. The first-order chi connectivity index (χ1) is 17.9. The lowest BCUT2D eigenvalue weighted by atomic mass is 10.1. The molecule has 2 aliphatic heterocycles. The van der Waals surface area contributed by atoms with E-state index in [1.165, 1.54) is 5.69 Å². The maximum absolute atomic E-state index is 12.6. The van der Waals surface area contributed by atoms with Gasteiger partial charge in [0.1, 0.15) is 6.04 Å². The molecule has 10 nitrogen and oxygen atoms in total. The van der Waals surface area contributed by atoms with Crippen molar-refractivity contribution in [3.63, 3.8) is 0 Å². The second-order valence-corrected chi connectivity index (χ2v) is 9.32. The van der Waals surface area contributed by atoms with Crippen molar-refractivity contribution in [3.8, 4) is 11.8 Å². The zero-order valence-corrected chi connectivity index (χ0v) is 21.1. The minimum atomic E-state index is -1.01. The Labute approximate surface area is 217 Å². The number of carbonyl (C=O) groups is 2. The number of hydroxylamine groups is 1. The van der Waals surface area contributed by atoms with Crippen molar-refractivity contribution in [3.05, 3.63) is 59.7 Å². The van der Waals surface area contributed by atoms with Crippen molar-refractivity contribution >= 4 is 23.3 Å². The number of hydrogen-bond donors (Lipinski definition) is 5. The molecule has 2 heterocycles. The van der Waals surface area contributed by atoms with E-state index in [4.69, 9.17) is 10.9 Å². The minimum absolute atomic E-state index is 0.378. The van der Waals surface area contributed by atoms with Crippen LogP contribution in [-0.4, -0.2) is 86.5 Å². The van der Waals surface area contributed by atoms with Crippen LogP contribution < -0.4 is 31.6 Å². The Kier molecular flexibility index (Phi) is 8.85. The molecule has 2 atom stereocenters. The van der Waals surface area contributed by atoms with Crippen LogP contribution in [0.15, 0.2) is 48.5 Å². The van der Waals surface area contributed by atoms with E-state index in [9.17, 15) is 9.59 Å². The van der Waals surface area contributed by atoms with E-state index in [0.29, 0.717) is 26.2 Å². The summed E-state index contributed by atoms with van der Waals surface area (Å²) < 4.78 is 0. The molecule has 2 aromatic rings. The molecule has 2 aromatic carbocycles. The van der Waals surface area contributed by atoms with Crippen LogP contribution in [0.5, 0.6) is 0 Å². The Hall–Kier alpha value is -3.78. The summed E-state index contributed by atoms with van der Waals surface area (Å²) in [5.74, 6) is 5.75. The number of carbonyl (C=O) groups excluding carboxylic acids is 2. The number of nitrogens with zero attached hydrogens (tertiary/aromatic N) is 3. The number of nitrogens with two attached hydrogens (primary N) is 1. The highest BCUT2D eigenvalue weighted by Gasteiger charge is 2.28. The van der Waals surface area contributed by atoms with Crippen LogP contribution in [0.1, 0.15) is 18.1 Å². The van der Waals surface area contributed by atoms with Crippen molar-refractivity contribution in [2.24, 2.45) is 5.73 Å². The van der Waals surface area contributed by atoms with E-state index < -0.39 is 18.0 Å². The van der Waals surface area contributed by atoms with E-state index in [-0.39, 0.29) is 6.03 Å². The number of piperazine rings is 2. The molecule has 37 heavy (non-hydrogen) atoms. The Bertz CT molecular complexity index is 1110. The second kappa shape index (κ2) is 12.5. The third-order valence-electron chi connectivity index (χ3n) is 6.70. The van der Waals surface area contributed by atoms with Gasteiger partial charge in [0, 0.05) is 80.9 Å². The number of anilines is 2. The quantitative estimate of drug-likeness (QED) is 0.228. The first-order valence-corrected chi connectivity index (χ1v) is 12.6. The second-order valence-electron chi connectivity index (χ2n) is 9.32. The Morgan fingerprint density at radius 1 is 0.865 bits per heavy atom. The molecule has 2 saturated heterocycles. The number of hydrogen-bond acceptors (Lipinski definition) is 7. The van der Waals surface area contributed by atoms with Crippen molar-refractivity contribution < 1.29 is 14.8 Å². The predicted octanol–water partition coefficient (Wildman–Crippen LogP) is 0.549. The summed E-state index contributed by atoms with van der Waals surface area (Å²) in [5.41, 5.74) is 11.5. The third-order valence-corrected chi connectivity index (χ3v) is 6.70. The molecular formula is C27H35N7O3. The standard InChI is InChI=1S/C27H35N7O3/c1-20(28)25(26(35)31-37)30-27(36)34-18-16-33(17-19-34)24-10-6-22(7-11-24)3-2-21-4-8-23(9-5-21)32-14-12-29-13-15-32/h4-11,20,25,29,37H,12-19,28H2,1H3,(H,30,36)(H,31,35)/t20-,25+/m1/s1. The summed E-state index contributed by atoms with van der Waals surface area (Å²) in [6.07, 6.45) is 0. The zero-order valence-electron chi connectivity index (χ0n) is 21.1. The van der Waals surface area contributed by atoms with E-state index >= 15 is 0 Å². The Balaban J connectivity index is 1.28. The van der Waals surface area contributed by atoms with Gasteiger partial charge in [-0.3, -0.25) is 10.0 Å². The fourth-order valence-corrected chi connectivity index (χ4v) is 4.48. The number of amides is 3. The van der Waals surface area contributed by atoms with Crippen molar-refractivity contribution in [2.75, 3.05) is 62.2 Å². The van der Waals surface area contributed by atoms with E-state index in [2.05, 4.69) is 56.5 Å². The summed E-state index contributed by atoms with van der Waals surface area (Å²) in [4.78, 5) is 30.5. The Morgan fingerprint density at radius 2 is 1.35 bits per heavy atom. The van der Waals surface area contributed by atoms with Gasteiger partial charge in [-0.2, -0.15) is 0 Å². The normalized spacial score (nSPS) is 17.3. The lowest BCUT2D eigenvalue weighted by Crippen LogP contribution is -2.59. The SMILES string of the molecule is C[C@@H](N)[C@H](NC(=O)N1CCN(c2ccc(C#Cc3ccc(N4CCNCC4)cc3)cc2)CC1)C(=O)NO. The summed E-state index contributed by atoms with van der Waals surface area (Å²) in [6, 6.07) is 14.5. The lowest BCUT2D eigenvalue weighted by Gasteiger charge is -2.36. The Morgan fingerprint density at radius 3 is 1.81 bits per heavy atom. The molecule has 196 valence electrons. The largest absolute Gasteiger partial charge is 0.369 e. The van der Waals surface area contributed by atoms with Gasteiger partial charge >= 0.3 is 6.03 Å². The highest BCUT2D eigenvalue weighted by molar-refractivity contribution is 5.87. The summed E-state index contributed by atoms with van der Waals surface area (Å²) in [6.45, 7) is 8.00. The van der Waals surface area contributed by atoms with Gasteiger partial charge in [-0.1, -0.05) is 11.8 Å². The highest BCUT2D eigenvalue weighted by Crippen LogP contribution is 2.18. The van der Waals surface area contributed by atoms with Crippen LogP contribution in [0.3, 0.4) is 0 Å². The van der Waals surface area contributed by atoms with Crippen LogP contribution >= 0.6 is 0 Å². The third kappa shape index (κ3) is 6.92. The fraction of sp³-hybridized carbons (Fsp3) is 0.407. The molecule has 0 unspecified atom stereocenters. The maximum Gasteiger partial charge on any atom is 0.318 e. The van der Waals surface area contributed by atoms with Crippen LogP contribution in [0.2, 0.25) is 0 Å². The molecule has 2 fully saturated rings. The van der Waals surface area contributed by atoms with Gasteiger partial charge in [-0.15, -0.1) is 0 Å². The van der Waals surface area contributed by atoms with Gasteiger partial charge in [0.15, 0.2) is 0 Å². The molecule has 0 bridgehead atoms. The number of benzene rings is 2. The van der Waals surface area contributed by atoms with Crippen LogP contribution in [0, 0.1) is 11.8 Å². The summed E-state index contributed by atoms with van der Waals surface area (Å²) >= 11 is 0. The number of urea groups is 1. The van der Waals surface area contributed by atoms with Crippen molar-refractivity contribution in [1.29, 1.82) is 0 Å². The molecule has 6 N–H and O–H groups in total. The monoisotopic (exact) mass is 505 g/mol. The van der Waals surface area contributed by atoms with Crippen molar-refractivity contribution in [1.82, 2.24) is 21.0 Å². The molecule has 0 aliphatic carbocycles. The zero-order chi connectivity index (χ0) is 26.2. The van der Waals surface area contributed by atoms with Crippen molar-refractivity contribution in [2.45, 2.75) is 19.0 Å². The van der Waals surface area contributed by atoms with E-state index in [1.807, 2.05) is 24.3 Å². The van der Waals surface area contributed by atoms with Gasteiger partial charge in [-0.25, -0.2) is 10.3 Å². The van der Waals surface area contributed by atoms with Crippen LogP contribution in [0.4, 0.5) is 16.2 Å². The van der Waals surface area contributed by atoms with E-state index in [0.717, 1.165) is 43.0 Å². The smallest absolute Gasteiger partial charge is 0.318 e. The number of nitrogens with one attached hydrogen (secondary N) is 3. The highest BCUT2D eigenvalue weighted by atomic mass is 16.5. The van der Waals surface area contributed by atoms with Gasteiger partial charge in [-0.05, 0) is 55.5 Å². The molecule has 0 radical (unpaired) electrons. The molecular weight excluding hydrogens is 470 g/mol. The van der Waals surface area contributed by atoms with Gasteiger partial charge < -0.3 is 31.1 Å². The molecule has 2 aliphatic rings. The topological polar surface area (TPSA) is 126 Å². The first-order valence-electron chi connectivity index (χ1n) is 12.6. The molecule has 3 amide bonds. The maximum atomic E-state index is 12.6. The molecule has 0 saturated carbocycles. The predicted molar refractivity (Wildman–Crippen MR) is 144 cm³/mol. The van der Waals surface area contributed by atoms with Gasteiger partial charge in [0.05, 0.1) is 0 Å². The van der Waals surface area contributed by atoms with Crippen LogP contribution in [-0.2, 0) is 4.79 Å². The van der Waals surface area contributed by atoms with Crippen LogP contribution in [0.25, 0.3) is 0 Å². The van der Waals surface area contributed by atoms with E-state index in [1.54, 1.807) is 17.3 Å².